The van der Waals surface area contributed by atoms with Gasteiger partial charge < -0.3 is 20.2 Å². The van der Waals surface area contributed by atoms with E-state index in [1.165, 1.54) is 0 Å². The van der Waals surface area contributed by atoms with Crippen LogP contribution in [-0.4, -0.2) is 23.8 Å². The van der Waals surface area contributed by atoms with Crippen molar-refractivity contribution in [3.8, 4) is 11.3 Å². The molecule has 1 aromatic carbocycles. The fourth-order valence-corrected chi connectivity index (χ4v) is 1.79. The number of nitrogens with one attached hydrogen (secondary N) is 2. The molecule has 3 N–H and O–H groups in total. The lowest BCUT2D eigenvalue weighted by Crippen LogP contribution is -2.39. The minimum absolute atomic E-state index is 0.0681. The zero-order valence-corrected chi connectivity index (χ0v) is 11.3. The predicted molar refractivity (Wildman–Crippen MR) is 77.5 cm³/mol. The van der Waals surface area contributed by atoms with Gasteiger partial charge in [0.1, 0.15) is 5.76 Å². The maximum absolute atomic E-state index is 11.7. The lowest BCUT2D eigenvalue weighted by molar-refractivity contribution is 0.222. The Balaban J connectivity index is 1.95. The number of hydrogen-bond acceptors (Lipinski definition) is 3. The third-order valence-electron chi connectivity index (χ3n) is 3.00. The highest BCUT2D eigenvalue weighted by Gasteiger charge is 2.09. The third-order valence-corrected chi connectivity index (χ3v) is 3.00. The van der Waals surface area contributed by atoms with Crippen molar-refractivity contribution in [1.29, 1.82) is 0 Å². The van der Waals surface area contributed by atoms with Crippen LogP contribution in [-0.2, 0) is 0 Å². The first-order valence-corrected chi connectivity index (χ1v) is 6.55. The molecule has 2 rings (SSSR count). The first-order valence-electron chi connectivity index (χ1n) is 6.55. The highest BCUT2D eigenvalue weighted by molar-refractivity contribution is 5.89. The second kappa shape index (κ2) is 6.77. The molecule has 0 bridgehead atoms. The van der Waals surface area contributed by atoms with Crippen LogP contribution in [0.25, 0.3) is 11.3 Å². The molecule has 2 amide bonds. The Hall–Kier alpha value is -2.27. The first kappa shape index (κ1) is 14.1. The summed E-state index contributed by atoms with van der Waals surface area (Å²) in [5.41, 5.74) is 1.63. The number of amides is 2. The standard InChI is InChI=1S/C15H18N2O3/c1-2-12(10-18)16-15(19)17-13-7-5-11(6-8-13)14-4-3-9-20-14/h3-9,12,18H,2,10H2,1H3,(H2,16,17,19)/t12-/m0/s1. The van der Waals surface area contributed by atoms with Gasteiger partial charge in [0.25, 0.3) is 0 Å². The van der Waals surface area contributed by atoms with Crippen molar-refractivity contribution in [2.45, 2.75) is 19.4 Å². The van der Waals surface area contributed by atoms with E-state index in [9.17, 15) is 4.79 Å². The molecular formula is C15H18N2O3. The van der Waals surface area contributed by atoms with E-state index in [1.807, 2.05) is 31.2 Å². The van der Waals surface area contributed by atoms with E-state index in [4.69, 9.17) is 9.52 Å². The third kappa shape index (κ3) is 3.61. The predicted octanol–water partition coefficient (Wildman–Crippen LogP) is 2.84. The van der Waals surface area contributed by atoms with Gasteiger partial charge in [-0.3, -0.25) is 0 Å². The quantitative estimate of drug-likeness (QED) is 0.784. The summed E-state index contributed by atoms with van der Waals surface area (Å²) in [7, 11) is 0. The van der Waals surface area contributed by atoms with Crippen LogP contribution in [0.3, 0.4) is 0 Å². The molecule has 0 radical (unpaired) electrons. The molecule has 1 aromatic heterocycles. The van der Waals surface area contributed by atoms with E-state index in [0.717, 1.165) is 11.3 Å². The molecule has 0 aliphatic heterocycles. The number of carbonyl (C=O) groups is 1. The van der Waals surface area contributed by atoms with E-state index in [2.05, 4.69) is 10.6 Å². The van der Waals surface area contributed by atoms with Crippen molar-refractivity contribution in [3.05, 3.63) is 42.7 Å². The van der Waals surface area contributed by atoms with E-state index < -0.39 is 0 Å². The minimum atomic E-state index is -0.323. The van der Waals surface area contributed by atoms with Crippen LogP contribution in [0.2, 0.25) is 0 Å². The van der Waals surface area contributed by atoms with Crippen LogP contribution >= 0.6 is 0 Å². The van der Waals surface area contributed by atoms with Gasteiger partial charge >= 0.3 is 6.03 Å². The Morgan fingerprint density at radius 2 is 2.05 bits per heavy atom. The van der Waals surface area contributed by atoms with Crippen LogP contribution in [0.15, 0.2) is 47.1 Å². The zero-order valence-electron chi connectivity index (χ0n) is 11.3. The van der Waals surface area contributed by atoms with Crippen LogP contribution in [0.5, 0.6) is 0 Å². The van der Waals surface area contributed by atoms with E-state index >= 15 is 0 Å². The SMILES string of the molecule is CC[C@@H](CO)NC(=O)Nc1ccc(-c2ccco2)cc1. The summed E-state index contributed by atoms with van der Waals surface area (Å²) < 4.78 is 5.29. The molecule has 1 atom stereocenters. The number of furan rings is 1. The summed E-state index contributed by atoms with van der Waals surface area (Å²) in [5.74, 6) is 0.785. The largest absolute Gasteiger partial charge is 0.464 e. The molecule has 20 heavy (non-hydrogen) atoms. The number of benzene rings is 1. The van der Waals surface area contributed by atoms with Crippen molar-refractivity contribution >= 4 is 11.7 Å². The fourth-order valence-electron chi connectivity index (χ4n) is 1.79. The van der Waals surface area contributed by atoms with Gasteiger partial charge in [-0.15, -0.1) is 0 Å². The number of anilines is 1. The maximum Gasteiger partial charge on any atom is 0.319 e. The normalized spacial score (nSPS) is 11.9. The Bertz CT molecular complexity index is 531. The lowest BCUT2D eigenvalue weighted by atomic mass is 10.1. The van der Waals surface area contributed by atoms with Crippen LogP contribution in [0.1, 0.15) is 13.3 Å². The molecule has 0 unspecified atom stereocenters. The number of aliphatic hydroxyl groups is 1. The zero-order chi connectivity index (χ0) is 14.4. The summed E-state index contributed by atoms with van der Waals surface area (Å²) in [4.78, 5) is 11.7. The smallest absolute Gasteiger partial charge is 0.319 e. The first-order chi connectivity index (χ1) is 9.72. The molecule has 0 saturated heterocycles. The molecule has 5 nitrogen and oxygen atoms in total. The van der Waals surface area contributed by atoms with E-state index in [0.29, 0.717) is 12.1 Å². The van der Waals surface area contributed by atoms with Gasteiger partial charge in [0, 0.05) is 11.3 Å². The van der Waals surface area contributed by atoms with Gasteiger partial charge in [-0.05, 0) is 42.8 Å². The fraction of sp³-hybridized carbons (Fsp3) is 0.267. The molecule has 0 spiro atoms. The van der Waals surface area contributed by atoms with Crippen LogP contribution in [0, 0.1) is 0 Å². The second-order valence-electron chi connectivity index (χ2n) is 4.44. The topological polar surface area (TPSA) is 74.5 Å². The molecule has 0 fully saturated rings. The molecule has 0 aliphatic carbocycles. The van der Waals surface area contributed by atoms with E-state index in [-0.39, 0.29) is 18.7 Å². The molecule has 5 heteroatoms. The Labute approximate surface area is 117 Å². The van der Waals surface area contributed by atoms with Gasteiger partial charge in [-0.1, -0.05) is 6.92 Å². The number of urea groups is 1. The van der Waals surface area contributed by atoms with Crippen LogP contribution in [0.4, 0.5) is 10.5 Å². The highest BCUT2D eigenvalue weighted by Crippen LogP contribution is 2.21. The molecular weight excluding hydrogens is 256 g/mol. The minimum Gasteiger partial charge on any atom is -0.464 e. The van der Waals surface area contributed by atoms with Gasteiger partial charge in [-0.25, -0.2) is 4.79 Å². The average Bonchev–Trinajstić information content (AvgIpc) is 2.99. The summed E-state index contributed by atoms with van der Waals surface area (Å²) in [6.07, 6.45) is 2.30. The van der Waals surface area contributed by atoms with Gasteiger partial charge in [0.2, 0.25) is 0 Å². The molecule has 106 valence electrons. The summed E-state index contributed by atoms with van der Waals surface area (Å²) in [6, 6.07) is 10.5. The summed E-state index contributed by atoms with van der Waals surface area (Å²) in [6.45, 7) is 1.83. The Morgan fingerprint density at radius 3 is 2.60 bits per heavy atom. The number of rotatable bonds is 5. The van der Waals surface area contributed by atoms with Crippen molar-refractivity contribution in [2.24, 2.45) is 0 Å². The van der Waals surface area contributed by atoms with Crippen molar-refractivity contribution in [1.82, 2.24) is 5.32 Å². The summed E-state index contributed by atoms with van der Waals surface area (Å²) >= 11 is 0. The Kier molecular flexibility index (Phi) is 4.79. The van der Waals surface area contributed by atoms with Crippen molar-refractivity contribution in [2.75, 3.05) is 11.9 Å². The molecule has 2 aromatic rings. The van der Waals surface area contributed by atoms with Gasteiger partial charge in [0.05, 0.1) is 18.9 Å². The molecule has 0 saturated carbocycles. The average molecular weight is 274 g/mol. The highest BCUT2D eigenvalue weighted by atomic mass is 16.3. The van der Waals surface area contributed by atoms with Crippen molar-refractivity contribution < 1.29 is 14.3 Å². The van der Waals surface area contributed by atoms with Crippen molar-refractivity contribution in [3.63, 3.8) is 0 Å². The maximum atomic E-state index is 11.7. The monoisotopic (exact) mass is 274 g/mol. The van der Waals surface area contributed by atoms with Gasteiger partial charge in [-0.2, -0.15) is 0 Å². The lowest BCUT2D eigenvalue weighted by Gasteiger charge is -2.14. The Morgan fingerprint density at radius 1 is 1.30 bits per heavy atom. The van der Waals surface area contributed by atoms with Crippen LogP contribution < -0.4 is 10.6 Å². The molecule has 0 aliphatic rings. The summed E-state index contributed by atoms with van der Waals surface area (Å²) in [5, 5.41) is 14.4. The molecule has 1 heterocycles. The number of hydrogen-bond donors (Lipinski definition) is 3. The number of carbonyl (C=O) groups excluding carboxylic acids is 1. The van der Waals surface area contributed by atoms with Gasteiger partial charge in [0.15, 0.2) is 0 Å². The van der Waals surface area contributed by atoms with E-state index in [1.54, 1.807) is 18.4 Å². The number of aliphatic hydroxyl groups excluding tert-OH is 1. The second-order valence-corrected chi connectivity index (χ2v) is 4.44.